The van der Waals surface area contributed by atoms with Crippen molar-refractivity contribution >= 4 is 124 Å². The van der Waals surface area contributed by atoms with E-state index in [9.17, 15) is 0 Å². The minimum absolute atomic E-state index is 0.690. The summed E-state index contributed by atoms with van der Waals surface area (Å²) in [5.41, 5.74) is 11.6. The lowest BCUT2D eigenvalue weighted by atomic mass is 9.91. The minimum Gasteiger partial charge on any atom is -0.310 e. The highest BCUT2D eigenvalue weighted by molar-refractivity contribution is 7.26. The van der Waals surface area contributed by atoms with Crippen molar-refractivity contribution in [2.24, 2.45) is 0 Å². The zero-order chi connectivity index (χ0) is 50.6. The van der Waals surface area contributed by atoms with Gasteiger partial charge in [-0.1, -0.05) is 182 Å². The van der Waals surface area contributed by atoms with Crippen LogP contribution in [0.5, 0.6) is 0 Å². The summed E-state index contributed by atoms with van der Waals surface area (Å²) in [6.45, 7) is 0. The monoisotopic (exact) mass is 996 g/mol. The van der Waals surface area contributed by atoms with E-state index in [-0.39, 0.29) is 0 Å². The number of hydrogen-bond donors (Lipinski definition) is 0. The van der Waals surface area contributed by atoms with E-state index >= 15 is 0 Å². The summed E-state index contributed by atoms with van der Waals surface area (Å²) in [5.74, 6) is 0.690. The van der Waals surface area contributed by atoms with E-state index in [2.05, 4.69) is 264 Å². The molecule has 3 heterocycles. The molecule has 0 radical (unpaired) electrons. The van der Waals surface area contributed by atoms with Gasteiger partial charge in [-0.2, -0.15) is 0 Å². The lowest BCUT2D eigenvalue weighted by Crippen LogP contribution is -2.09. The summed E-state index contributed by atoms with van der Waals surface area (Å²) in [6, 6.07) is 97.0. The Morgan fingerprint density at radius 1 is 0.299 bits per heavy atom. The molecule has 0 saturated heterocycles. The van der Waals surface area contributed by atoms with Gasteiger partial charge in [0.25, 0.3) is 0 Å². The highest BCUT2D eigenvalue weighted by Crippen LogP contribution is 2.48. The number of para-hydroxylation sites is 1. The van der Waals surface area contributed by atoms with Crippen LogP contribution in [0.3, 0.4) is 0 Å². The van der Waals surface area contributed by atoms with Gasteiger partial charge in [-0.15, -0.1) is 11.3 Å². The SMILES string of the molecule is c1ccc(-c2cc(-c3ccccc3)nc(-c3ccc(-n4c5cc6sc7cc(N(c8ccccc8)c8ccc9c(ccc%10ccccc%109)c8)ccc7c6cc5c5c6c7ccccc7c7ccccc7c6ccc54)cc3)n2)cc1. The second-order valence-electron chi connectivity index (χ2n) is 20.1. The van der Waals surface area contributed by atoms with Crippen molar-refractivity contribution in [3.63, 3.8) is 0 Å². The predicted molar refractivity (Wildman–Crippen MR) is 328 cm³/mol. The number of rotatable bonds is 7. The molecule has 3 aromatic heterocycles. The second kappa shape index (κ2) is 17.3. The standard InChI is InChI=1S/C72H44N4S/c1-4-17-46(18-5-1)64-43-65(47-19-6-2-7-20-47)74-72(73-64)48-30-32-51(33-31-48)76-66-39-38-61-58-26-13-12-24-56(58)57-25-14-15-27-60(57)70(61)71(66)63-42-62-59-37-35-53(41-68(59)77-69(62)44-67(63)76)75(50-21-8-3-9-22-50)52-34-36-55-49(40-52)29-28-45-16-10-11-23-54(45)55/h1-44H. The topological polar surface area (TPSA) is 34.0 Å². The van der Waals surface area contributed by atoms with Crippen molar-refractivity contribution in [2.45, 2.75) is 0 Å². The number of benzene rings is 13. The highest BCUT2D eigenvalue weighted by atomic mass is 32.1. The molecule has 358 valence electrons. The van der Waals surface area contributed by atoms with Crippen LogP contribution in [0.15, 0.2) is 267 Å². The van der Waals surface area contributed by atoms with Crippen LogP contribution in [-0.4, -0.2) is 14.5 Å². The van der Waals surface area contributed by atoms with Gasteiger partial charge >= 0.3 is 0 Å². The second-order valence-corrected chi connectivity index (χ2v) is 21.1. The molecule has 0 aliphatic carbocycles. The molecule has 5 heteroatoms. The summed E-state index contributed by atoms with van der Waals surface area (Å²) in [4.78, 5) is 12.8. The summed E-state index contributed by atoms with van der Waals surface area (Å²) >= 11 is 1.87. The number of thiophene rings is 1. The Kier molecular flexibility index (Phi) is 9.78. The fourth-order valence-corrected chi connectivity index (χ4v) is 13.3. The molecule has 0 amide bonds. The van der Waals surface area contributed by atoms with Gasteiger partial charge in [0, 0.05) is 75.8 Å². The fourth-order valence-electron chi connectivity index (χ4n) is 12.2. The average molecular weight is 997 g/mol. The van der Waals surface area contributed by atoms with Crippen LogP contribution < -0.4 is 4.90 Å². The molecule has 0 atom stereocenters. The molecule has 0 fully saturated rings. The molecule has 0 saturated carbocycles. The number of nitrogens with zero attached hydrogens (tertiary/aromatic N) is 4. The van der Waals surface area contributed by atoms with E-state index in [4.69, 9.17) is 9.97 Å². The van der Waals surface area contributed by atoms with E-state index < -0.39 is 0 Å². The van der Waals surface area contributed by atoms with Crippen LogP contribution in [0.4, 0.5) is 17.1 Å². The molecule has 0 unspecified atom stereocenters. The van der Waals surface area contributed by atoms with Gasteiger partial charge in [0.15, 0.2) is 5.82 Å². The van der Waals surface area contributed by atoms with Gasteiger partial charge in [-0.05, 0) is 133 Å². The molecule has 4 nitrogen and oxygen atoms in total. The lowest BCUT2D eigenvalue weighted by Gasteiger charge is -2.26. The Morgan fingerprint density at radius 2 is 0.831 bits per heavy atom. The van der Waals surface area contributed by atoms with E-state index in [0.29, 0.717) is 5.82 Å². The molecular weight excluding hydrogens is 953 g/mol. The Balaban J connectivity index is 0.904. The van der Waals surface area contributed by atoms with Crippen LogP contribution in [0.1, 0.15) is 0 Å². The largest absolute Gasteiger partial charge is 0.310 e. The number of hydrogen-bond acceptors (Lipinski definition) is 4. The third kappa shape index (κ3) is 6.98. The van der Waals surface area contributed by atoms with E-state index in [1.165, 1.54) is 95.8 Å². The van der Waals surface area contributed by atoms with Crippen LogP contribution in [0.2, 0.25) is 0 Å². The summed E-state index contributed by atoms with van der Waals surface area (Å²) in [6.07, 6.45) is 0. The van der Waals surface area contributed by atoms with Gasteiger partial charge in [0.05, 0.1) is 22.4 Å². The molecule has 77 heavy (non-hydrogen) atoms. The summed E-state index contributed by atoms with van der Waals surface area (Å²) < 4.78 is 4.96. The third-order valence-corrected chi connectivity index (χ3v) is 16.8. The maximum absolute atomic E-state index is 5.19. The zero-order valence-corrected chi connectivity index (χ0v) is 42.4. The molecule has 16 aromatic rings. The Hall–Kier alpha value is -9.94. The van der Waals surface area contributed by atoms with Crippen molar-refractivity contribution in [1.82, 2.24) is 14.5 Å². The van der Waals surface area contributed by atoms with Crippen molar-refractivity contribution in [2.75, 3.05) is 4.90 Å². The first-order valence-electron chi connectivity index (χ1n) is 26.2. The van der Waals surface area contributed by atoms with Crippen LogP contribution in [0.25, 0.3) is 135 Å². The van der Waals surface area contributed by atoms with E-state index in [1.807, 2.05) is 23.5 Å². The van der Waals surface area contributed by atoms with E-state index in [1.54, 1.807) is 0 Å². The fraction of sp³-hybridized carbons (Fsp3) is 0. The molecule has 0 spiro atoms. The van der Waals surface area contributed by atoms with Gasteiger partial charge < -0.3 is 9.47 Å². The van der Waals surface area contributed by atoms with E-state index in [0.717, 1.165) is 50.8 Å². The van der Waals surface area contributed by atoms with Crippen molar-refractivity contribution in [3.8, 4) is 39.6 Å². The van der Waals surface area contributed by atoms with Gasteiger partial charge in [0.1, 0.15) is 0 Å². The van der Waals surface area contributed by atoms with Crippen molar-refractivity contribution in [3.05, 3.63) is 267 Å². The molecule has 0 aliphatic heterocycles. The molecule has 0 bridgehead atoms. The first-order chi connectivity index (χ1) is 38.2. The Morgan fingerprint density at radius 3 is 1.53 bits per heavy atom. The number of anilines is 3. The first-order valence-corrected chi connectivity index (χ1v) is 27.0. The average Bonchev–Trinajstić information content (AvgIpc) is 4.18. The maximum Gasteiger partial charge on any atom is 0.160 e. The highest BCUT2D eigenvalue weighted by Gasteiger charge is 2.22. The van der Waals surface area contributed by atoms with Crippen molar-refractivity contribution in [1.29, 1.82) is 0 Å². The number of fused-ring (bicyclic) bond motifs is 16. The third-order valence-electron chi connectivity index (χ3n) is 15.7. The number of aromatic nitrogens is 3. The minimum atomic E-state index is 0.690. The summed E-state index contributed by atoms with van der Waals surface area (Å²) in [7, 11) is 0. The first kappa shape index (κ1) is 43.5. The molecule has 0 aliphatic rings. The van der Waals surface area contributed by atoms with Crippen LogP contribution in [-0.2, 0) is 0 Å². The normalized spacial score (nSPS) is 11.9. The lowest BCUT2D eigenvalue weighted by molar-refractivity contribution is 1.16. The summed E-state index contributed by atoms with van der Waals surface area (Å²) in [5, 5.41) is 17.6. The predicted octanol–water partition coefficient (Wildman–Crippen LogP) is 20.2. The molecule has 13 aromatic carbocycles. The van der Waals surface area contributed by atoms with Crippen molar-refractivity contribution < 1.29 is 0 Å². The quantitative estimate of drug-likeness (QED) is 0.149. The molecular formula is C72H44N4S. The van der Waals surface area contributed by atoms with Crippen LogP contribution in [0, 0.1) is 0 Å². The Labute approximate surface area is 447 Å². The molecule has 0 N–H and O–H groups in total. The molecule has 16 rings (SSSR count). The van der Waals surface area contributed by atoms with Gasteiger partial charge in [-0.3, -0.25) is 0 Å². The zero-order valence-electron chi connectivity index (χ0n) is 41.6. The van der Waals surface area contributed by atoms with Gasteiger partial charge in [0.2, 0.25) is 0 Å². The van der Waals surface area contributed by atoms with Crippen LogP contribution >= 0.6 is 11.3 Å². The smallest absolute Gasteiger partial charge is 0.160 e. The maximum atomic E-state index is 5.19. The van der Waals surface area contributed by atoms with Gasteiger partial charge in [-0.25, -0.2) is 9.97 Å². The Bertz CT molecular complexity index is 4930.